The first-order valence-electron chi connectivity index (χ1n) is 8.20. The number of rotatable bonds is 5. The monoisotopic (exact) mass is 409 g/mol. The second kappa shape index (κ2) is 7.17. The van der Waals surface area contributed by atoms with Crippen LogP contribution in [-0.4, -0.2) is 21.0 Å². The van der Waals surface area contributed by atoms with Gasteiger partial charge in [0.1, 0.15) is 0 Å². The van der Waals surface area contributed by atoms with Crippen LogP contribution < -0.4 is 10.9 Å². The van der Waals surface area contributed by atoms with Gasteiger partial charge in [-0.25, -0.2) is 14.6 Å². The van der Waals surface area contributed by atoms with Crippen molar-refractivity contribution in [2.75, 3.05) is 5.32 Å². The number of carboxylic acid groups (broad SMARTS) is 1. The standard InChI is InChI=1S/C19H11N3O6S/c23-17(24)11-4-1-5-12(7-11)20-19-21-14(9-29-19)13-8-10-3-2-6-15(22(26)27)16(10)28-18(13)25/h1-9H,(H,20,21)(H,23,24). The molecule has 0 unspecified atom stereocenters. The van der Waals surface area contributed by atoms with Crippen molar-refractivity contribution in [1.82, 2.24) is 4.98 Å². The maximum atomic E-state index is 12.4. The van der Waals surface area contributed by atoms with E-state index in [4.69, 9.17) is 9.52 Å². The van der Waals surface area contributed by atoms with Crippen molar-refractivity contribution < 1.29 is 19.2 Å². The maximum Gasteiger partial charge on any atom is 0.346 e. The summed E-state index contributed by atoms with van der Waals surface area (Å²) < 4.78 is 5.19. The van der Waals surface area contributed by atoms with Crippen molar-refractivity contribution in [3.8, 4) is 11.3 Å². The van der Waals surface area contributed by atoms with Gasteiger partial charge in [-0.15, -0.1) is 11.3 Å². The minimum Gasteiger partial charge on any atom is -0.478 e. The molecule has 0 radical (unpaired) electrons. The fourth-order valence-corrected chi connectivity index (χ4v) is 3.49. The quantitative estimate of drug-likeness (QED) is 0.283. The number of hydrogen-bond acceptors (Lipinski definition) is 8. The average Bonchev–Trinajstić information content (AvgIpc) is 3.15. The normalized spacial score (nSPS) is 10.8. The number of nitrogens with zero attached hydrogens (tertiary/aromatic N) is 2. The largest absolute Gasteiger partial charge is 0.478 e. The molecular weight excluding hydrogens is 398 g/mol. The van der Waals surface area contributed by atoms with E-state index < -0.39 is 16.5 Å². The van der Waals surface area contributed by atoms with E-state index in [1.54, 1.807) is 23.6 Å². The average molecular weight is 409 g/mol. The van der Waals surface area contributed by atoms with E-state index in [9.17, 15) is 19.7 Å². The zero-order valence-corrected chi connectivity index (χ0v) is 15.3. The minimum atomic E-state index is -1.05. The Labute approximate surface area is 166 Å². The van der Waals surface area contributed by atoms with Gasteiger partial charge in [0.25, 0.3) is 0 Å². The van der Waals surface area contributed by atoms with Gasteiger partial charge in [-0.05, 0) is 24.3 Å². The van der Waals surface area contributed by atoms with Crippen LogP contribution in [0.25, 0.3) is 22.2 Å². The molecular formula is C19H11N3O6S. The van der Waals surface area contributed by atoms with E-state index in [2.05, 4.69) is 10.3 Å². The molecule has 9 nitrogen and oxygen atoms in total. The Morgan fingerprint density at radius 3 is 2.76 bits per heavy atom. The molecule has 0 spiro atoms. The first kappa shape index (κ1) is 18.3. The number of para-hydroxylation sites is 1. The topological polar surface area (TPSA) is 136 Å². The molecule has 0 aliphatic rings. The zero-order valence-electron chi connectivity index (χ0n) is 14.5. The molecule has 0 fully saturated rings. The SMILES string of the molecule is O=C(O)c1cccc(Nc2nc(-c3cc4cccc([N+](=O)[O-])c4oc3=O)cs2)c1. The number of hydrogen-bond donors (Lipinski definition) is 2. The van der Waals surface area contributed by atoms with Crippen LogP contribution in [0.15, 0.2) is 63.1 Å². The number of non-ortho nitro benzene ring substituents is 1. The number of aromatic carboxylic acids is 1. The molecule has 2 N–H and O–H groups in total. The van der Waals surface area contributed by atoms with Gasteiger partial charge in [-0.3, -0.25) is 10.1 Å². The van der Waals surface area contributed by atoms with Gasteiger partial charge in [-0.1, -0.05) is 18.2 Å². The Bertz CT molecular complexity index is 1330. The summed E-state index contributed by atoms with van der Waals surface area (Å²) in [7, 11) is 0. The van der Waals surface area contributed by atoms with Crippen molar-refractivity contribution in [1.29, 1.82) is 0 Å². The van der Waals surface area contributed by atoms with Crippen LogP contribution in [0.1, 0.15) is 10.4 Å². The molecule has 0 aliphatic heterocycles. The van der Waals surface area contributed by atoms with Crippen LogP contribution in [0.5, 0.6) is 0 Å². The highest BCUT2D eigenvalue weighted by Gasteiger charge is 2.18. The number of fused-ring (bicyclic) bond motifs is 1. The molecule has 0 amide bonds. The number of benzene rings is 2. The number of nitro groups is 1. The van der Waals surface area contributed by atoms with Crippen LogP contribution in [-0.2, 0) is 0 Å². The fraction of sp³-hybridized carbons (Fsp3) is 0. The lowest BCUT2D eigenvalue weighted by Gasteiger charge is -2.03. The number of carboxylic acids is 1. The zero-order chi connectivity index (χ0) is 20.5. The third kappa shape index (κ3) is 3.56. The van der Waals surface area contributed by atoms with Gasteiger partial charge in [0.2, 0.25) is 5.58 Å². The van der Waals surface area contributed by atoms with Gasteiger partial charge >= 0.3 is 17.3 Å². The van der Waals surface area contributed by atoms with Crippen LogP contribution >= 0.6 is 11.3 Å². The highest BCUT2D eigenvalue weighted by atomic mass is 32.1. The molecule has 4 rings (SSSR count). The molecule has 144 valence electrons. The third-order valence-corrected chi connectivity index (χ3v) is 4.83. The Morgan fingerprint density at radius 2 is 2.00 bits per heavy atom. The molecule has 0 atom stereocenters. The number of anilines is 2. The molecule has 4 aromatic rings. The minimum absolute atomic E-state index is 0.0923. The van der Waals surface area contributed by atoms with Gasteiger partial charge in [0.05, 0.1) is 21.7 Å². The number of thiazole rings is 1. The van der Waals surface area contributed by atoms with Crippen molar-refractivity contribution in [2.45, 2.75) is 0 Å². The molecule has 29 heavy (non-hydrogen) atoms. The maximum absolute atomic E-state index is 12.4. The molecule has 2 aromatic carbocycles. The van der Waals surface area contributed by atoms with Crippen molar-refractivity contribution in [2.24, 2.45) is 0 Å². The fourth-order valence-electron chi connectivity index (χ4n) is 2.76. The summed E-state index contributed by atoms with van der Waals surface area (Å²) in [6.45, 7) is 0. The number of carbonyl (C=O) groups is 1. The molecule has 0 saturated heterocycles. The first-order chi connectivity index (χ1) is 13.9. The van der Waals surface area contributed by atoms with Gasteiger partial charge in [0.15, 0.2) is 5.13 Å². The number of aromatic nitrogens is 1. The van der Waals surface area contributed by atoms with E-state index in [1.165, 1.54) is 41.7 Å². The van der Waals surface area contributed by atoms with E-state index in [-0.39, 0.29) is 22.4 Å². The lowest BCUT2D eigenvalue weighted by molar-refractivity contribution is -0.383. The second-order valence-electron chi connectivity index (χ2n) is 5.95. The summed E-state index contributed by atoms with van der Waals surface area (Å²) in [5.41, 5.74) is 0.0538. The van der Waals surface area contributed by atoms with Crippen LogP contribution in [0.2, 0.25) is 0 Å². The summed E-state index contributed by atoms with van der Waals surface area (Å²) in [6, 6.07) is 12.1. The third-order valence-electron chi connectivity index (χ3n) is 4.08. The van der Waals surface area contributed by atoms with E-state index in [1.807, 2.05) is 0 Å². The van der Waals surface area contributed by atoms with Crippen molar-refractivity contribution in [3.05, 3.63) is 80.0 Å². The highest BCUT2D eigenvalue weighted by Crippen LogP contribution is 2.30. The molecule has 0 saturated carbocycles. The van der Waals surface area contributed by atoms with Crippen molar-refractivity contribution >= 4 is 44.8 Å². The Morgan fingerprint density at radius 1 is 1.21 bits per heavy atom. The Hall–Kier alpha value is -4.05. The summed E-state index contributed by atoms with van der Waals surface area (Å²) in [4.78, 5) is 38.3. The van der Waals surface area contributed by atoms with Gasteiger partial charge in [-0.2, -0.15) is 0 Å². The molecule has 2 aromatic heterocycles. The molecule has 10 heteroatoms. The van der Waals surface area contributed by atoms with Crippen LogP contribution in [0.4, 0.5) is 16.5 Å². The predicted octanol–water partition coefficient (Wildman–Crippen LogP) is 4.27. The molecule has 0 bridgehead atoms. The summed E-state index contributed by atoms with van der Waals surface area (Å²) >= 11 is 1.22. The first-order valence-corrected chi connectivity index (χ1v) is 9.08. The number of nitro benzene ring substituents is 1. The van der Waals surface area contributed by atoms with Crippen LogP contribution in [0, 0.1) is 10.1 Å². The highest BCUT2D eigenvalue weighted by molar-refractivity contribution is 7.14. The molecule has 0 aliphatic carbocycles. The number of nitrogens with one attached hydrogen (secondary N) is 1. The van der Waals surface area contributed by atoms with Crippen LogP contribution in [0.3, 0.4) is 0 Å². The molecule has 2 heterocycles. The lowest BCUT2D eigenvalue weighted by atomic mass is 10.1. The lowest BCUT2D eigenvalue weighted by Crippen LogP contribution is -2.04. The summed E-state index contributed by atoms with van der Waals surface area (Å²) in [6.07, 6.45) is 0. The second-order valence-corrected chi connectivity index (χ2v) is 6.81. The predicted molar refractivity (Wildman–Crippen MR) is 107 cm³/mol. The summed E-state index contributed by atoms with van der Waals surface area (Å²) in [5, 5.41) is 25.7. The Kier molecular flexibility index (Phi) is 4.53. The van der Waals surface area contributed by atoms with E-state index in [0.29, 0.717) is 21.9 Å². The van der Waals surface area contributed by atoms with Gasteiger partial charge in [0, 0.05) is 22.5 Å². The van der Waals surface area contributed by atoms with Gasteiger partial charge < -0.3 is 14.8 Å². The van der Waals surface area contributed by atoms with Crippen molar-refractivity contribution in [3.63, 3.8) is 0 Å². The van der Waals surface area contributed by atoms with E-state index in [0.717, 1.165) is 0 Å². The Balaban J connectivity index is 1.69. The summed E-state index contributed by atoms with van der Waals surface area (Å²) in [5.74, 6) is -1.05. The van der Waals surface area contributed by atoms with E-state index >= 15 is 0 Å². The smallest absolute Gasteiger partial charge is 0.346 e.